The highest BCUT2D eigenvalue weighted by Crippen LogP contribution is 2.19. The average Bonchev–Trinajstić information content (AvgIpc) is 2.68. The second kappa shape index (κ2) is 12.2. The molecule has 0 amide bonds. The third-order valence-electron chi connectivity index (χ3n) is 4.17. The van der Waals surface area contributed by atoms with Gasteiger partial charge in [0, 0.05) is 25.0 Å². The smallest absolute Gasteiger partial charge is 0.318 e. The Kier molecular flexibility index (Phi) is 10.1. The third kappa shape index (κ3) is 8.22. The van der Waals surface area contributed by atoms with E-state index in [0.717, 1.165) is 0 Å². The molecule has 0 N–H and O–H groups in total. The number of rotatable bonds is 4. The first kappa shape index (κ1) is 26.4. The van der Waals surface area contributed by atoms with Crippen molar-refractivity contribution in [2.24, 2.45) is 16.2 Å². The second-order valence-electron chi connectivity index (χ2n) is 7.36. The lowest BCUT2D eigenvalue weighted by Crippen LogP contribution is -2.16. The molecule has 8 heteroatoms. The van der Waals surface area contributed by atoms with Crippen LogP contribution >= 0.6 is 0 Å². The fraction of sp³-hybridized carbons (Fsp3) is 0.333. The zero-order valence-corrected chi connectivity index (χ0v) is 19.4. The second-order valence-corrected chi connectivity index (χ2v) is 7.36. The van der Waals surface area contributed by atoms with Crippen LogP contribution in [0.3, 0.4) is 0 Å². The van der Waals surface area contributed by atoms with Crippen LogP contribution in [0.4, 0.5) is 0 Å². The summed E-state index contributed by atoms with van der Waals surface area (Å²) in [5, 5.41) is 7.37. The van der Waals surface area contributed by atoms with E-state index in [0.29, 0.717) is 33.7 Å². The van der Waals surface area contributed by atoms with Crippen molar-refractivity contribution in [2.45, 2.75) is 48.5 Å². The van der Waals surface area contributed by atoms with Crippen LogP contribution in [0, 0.1) is 5.92 Å². The maximum atomic E-state index is 11.6. The highest BCUT2D eigenvalue weighted by Gasteiger charge is 2.19. The number of hydrogen-bond acceptors (Lipinski definition) is 8. The van der Waals surface area contributed by atoms with Gasteiger partial charge in [-0.1, -0.05) is 36.3 Å². The van der Waals surface area contributed by atoms with Crippen molar-refractivity contribution in [3.05, 3.63) is 58.7 Å². The van der Waals surface area contributed by atoms with E-state index < -0.39 is 11.9 Å². The van der Waals surface area contributed by atoms with E-state index in [9.17, 15) is 19.2 Å². The number of oxime groups is 2. The highest BCUT2D eigenvalue weighted by molar-refractivity contribution is 6.23. The summed E-state index contributed by atoms with van der Waals surface area (Å²) in [5.41, 5.74) is 3.60. The maximum Gasteiger partial charge on any atom is 0.332 e. The molecule has 0 saturated heterocycles. The molecule has 0 radical (unpaired) electrons. The molecule has 170 valence electrons. The molecule has 0 spiro atoms. The lowest BCUT2D eigenvalue weighted by Gasteiger charge is -2.14. The monoisotopic (exact) mass is 440 g/mol. The molecule has 2 rings (SSSR count). The Balaban J connectivity index is 0.000000320. The lowest BCUT2D eigenvalue weighted by molar-refractivity contribution is -0.141. The number of carbonyl (C=O) groups excluding carboxylic acids is 4. The van der Waals surface area contributed by atoms with Gasteiger partial charge in [0.05, 0.1) is 0 Å². The van der Waals surface area contributed by atoms with E-state index in [2.05, 4.69) is 20.0 Å². The first-order valence-corrected chi connectivity index (χ1v) is 9.99. The zero-order valence-electron chi connectivity index (χ0n) is 19.4. The van der Waals surface area contributed by atoms with Crippen LogP contribution in [0.25, 0.3) is 0 Å². The van der Waals surface area contributed by atoms with Gasteiger partial charge in [-0.2, -0.15) is 0 Å². The number of ketones is 2. The van der Waals surface area contributed by atoms with Crippen LogP contribution in [-0.4, -0.2) is 34.9 Å². The normalized spacial score (nSPS) is 18.6. The van der Waals surface area contributed by atoms with Crippen molar-refractivity contribution in [1.82, 2.24) is 0 Å². The summed E-state index contributed by atoms with van der Waals surface area (Å²) in [4.78, 5) is 53.5. The van der Waals surface area contributed by atoms with Crippen molar-refractivity contribution in [3.63, 3.8) is 0 Å². The summed E-state index contributed by atoms with van der Waals surface area (Å²) in [6.07, 6.45) is 9.71. The van der Waals surface area contributed by atoms with E-state index in [4.69, 9.17) is 0 Å². The third-order valence-corrected chi connectivity index (χ3v) is 4.17. The van der Waals surface area contributed by atoms with Gasteiger partial charge in [0.1, 0.15) is 11.4 Å². The van der Waals surface area contributed by atoms with Crippen molar-refractivity contribution in [1.29, 1.82) is 0 Å². The Bertz CT molecular complexity index is 1020. The number of nitrogens with zero attached hydrogens (tertiary/aromatic N) is 2. The molecule has 0 heterocycles. The first-order valence-electron chi connectivity index (χ1n) is 9.99. The Morgan fingerprint density at radius 1 is 0.844 bits per heavy atom. The molecule has 2 aliphatic carbocycles. The van der Waals surface area contributed by atoms with Crippen molar-refractivity contribution < 1.29 is 28.9 Å². The van der Waals surface area contributed by atoms with Crippen LogP contribution in [0.2, 0.25) is 0 Å². The minimum absolute atomic E-state index is 0.00530. The molecule has 8 nitrogen and oxygen atoms in total. The van der Waals surface area contributed by atoms with Gasteiger partial charge >= 0.3 is 11.9 Å². The van der Waals surface area contributed by atoms with E-state index in [1.54, 1.807) is 38.2 Å². The van der Waals surface area contributed by atoms with Gasteiger partial charge in [-0.15, -0.1) is 0 Å². The highest BCUT2D eigenvalue weighted by atomic mass is 16.7. The Morgan fingerprint density at radius 3 is 1.75 bits per heavy atom. The van der Waals surface area contributed by atoms with Crippen LogP contribution < -0.4 is 0 Å². The Morgan fingerprint density at radius 2 is 1.31 bits per heavy atom. The van der Waals surface area contributed by atoms with Crippen LogP contribution in [-0.2, 0) is 28.9 Å². The van der Waals surface area contributed by atoms with Gasteiger partial charge in [0.2, 0.25) is 0 Å². The summed E-state index contributed by atoms with van der Waals surface area (Å²) in [6, 6.07) is 0. The van der Waals surface area contributed by atoms with Crippen molar-refractivity contribution in [2.75, 3.05) is 0 Å². The van der Waals surface area contributed by atoms with Crippen LogP contribution in [0.5, 0.6) is 0 Å². The molecule has 0 fully saturated rings. The van der Waals surface area contributed by atoms with Crippen molar-refractivity contribution in [3.8, 4) is 0 Å². The van der Waals surface area contributed by atoms with Gasteiger partial charge in [0.15, 0.2) is 11.6 Å². The maximum absolute atomic E-state index is 11.6. The molecule has 0 aliphatic heterocycles. The molecule has 0 aromatic rings. The number of allylic oxidation sites excluding steroid dienone is 10. The largest absolute Gasteiger partial charge is 0.332 e. The molecule has 0 aromatic carbocycles. The van der Waals surface area contributed by atoms with Gasteiger partial charge < -0.3 is 9.68 Å². The minimum Gasteiger partial charge on any atom is -0.318 e. The molecule has 0 unspecified atom stereocenters. The molecule has 2 aliphatic rings. The molecule has 32 heavy (non-hydrogen) atoms. The number of hydrogen-bond donors (Lipinski definition) is 0. The SMILES string of the molecule is C/C=C/C1=CC(=N/OC(C)=O)/C(C)=CC1=O.CC(=O)O/N=C1/C=C(C(C)C)C(=O)C=C1C. The van der Waals surface area contributed by atoms with Gasteiger partial charge in [-0.3, -0.25) is 9.59 Å². The van der Waals surface area contributed by atoms with Crippen molar-refractivity contribution >= 4 is 34.9 Å². The van der Waals surface area contributed by atoms with E-state index in [-0.39, 0.29) is 17.5 Å². The fourth-order valence-corrected chi connectivity index (χ4v) is 2.56. The Hall–Kier alpha value is -3.68. The minimum atomic E-state index is -0.488. The predicted octanol–water partition coefficient (Wildman–Crippen LogP) is 3.95. The summed E-state index contributed by atoms with van der Waals surface area (Å²) in [6.45, 7) is 11.7. The summed E-state index contributed by atoms with van der Waals surface area (Å²) in [5.74, 6) is -0.916. The summed E-state index contributed by atoms with van der Waals surface area (Å²) >= 11 is 0. The van der Waals surface area contributed by atoms with Gasteiger partial charge in [0.25, 0.3) is 0 Å². The summed E-state index contributed by atoms with van der Waals surface area (Å²) in [7, 11) is 0. The Labute approximate surface area is 187 Å². The standard InChI is InChI=1S/C12H15NO3.C12H13NO3/c1-7(2)10-6-11(13-16-9(4)14)8(3)5-12(10)15;1-4-5-10-7-11(13-16-9(3)14)8(2)6-12(10)15/h5-7H,1-4H3;4-7H,1-3H3/b13-11-;5-4+,13-11-. The molecule has 0 bridgehead atoms. The number of carbonyl (C=O) groups is 4. The fourth-order valence-electron chi connectivity index (χ4n) is 2.56. The molecule has 0 atom stereocenters. The van der Waals surface area contributed by atoms with Gasteiger partial charge in [-0.25, -0.2) is 9.59 Å². The lowest BCUT2D eigenvalue weighted by atomic mass is 9.90. The molecule has 0 aromatic heterocycles. The van der Waals surface area contributed by atoms with E-state index in [1.807, 2.05) is 20.8 Å². The topological polar surface area (TPSA) is 111 Å². The quantitative estimate of drug-likeness (QED) is 0.372. The zero-order chi connectivity index (χ0) is 24.4. The average molecular weight is 440 g/mol. The molecule has 0 saturated carbocycles. The van der Waals surface area contributed by atoms with Crippen LogP contribution in [0.15, 0.2) is 69.1 Å². The van der Waals surface area contributed by atoms with Crippen LogP contribution in [0.1, 0.15) is 48.5 Å². The predicted molar refractivity (Wildman–Crippen MR) is 122 cm³/mol. The molecular formula is C24H28N2O6. The van der Waals surface area contributed by atoms with Gasteiger partial charge in [-0.05, 0) is 62.1 Å². The van der Waals surface area contributed by atoms with E-state index >= 15 is 0 Å². The molecular weight excluding hydrogens is 412 g/mol. The first-order chi connectivity index (χ1) is 15.0. The summed E-state index contributed by atoms with van der Waals surface area (Å²) < 4.78 is 0. The van der Waals surface area contributed by atoms with E-state index in [1.165, 1.54) is 26.0 Å².